The summed E-state index contributed by atoms with van der Waals surface area (Å²) >= 11 is 0. The lowest BCUT2D eigenvalue weighted by atomic mass is 9.76. The van der Waals surface area contributed by atoms with Crippen molar-refractivity contribution in [1.29, 1.82) is 0 Å². The molecule has 0 unspecified atom stereocenters. The monoisotopic (exact) mass is 429 g/mol. The number of benzene rings is 1. The van der Waals surface area contributed by atoms with Gasteiger partial charge >= 0.3 is 17.9 Å². The molecule has 10 heteroatoms. The van der Waals surface area contributed by atoms with Crippen molar-refractivity contribution in [3.05, 3.63) is 42.0 Å². The van der Waals surface area contributed by atoms with Gasteiger partial charge in [-0.1, -0.05) is 12.1 Å². The maximum Gasteiger partial charge on any atom is 0.337 e. The number of ether oxygens (including phenoxy) is 4. The van der Waals surface area contributed by atoms with E-state index in [4.69, 9.17) is 18.9 Å². The van der Waals surface area contributed by atoms with E-state index in [1.165, 1.54) is 37.5 Å². The minimum Gasteiger partial charge on any atom is -0.465 e. The predicted molar refractivity (Wildman–Crippen MR) is 101 cm³/mol. The maximum absolute atomic E-state index is 13.4. The van der Waals surface area contributed by atoms with Gasteiger partial charge in [-0.2, -0.15) is 0 Å². The van der Waals surface area contributed by atoms with Gasteiger partial charge in [0, 0.05) is 13.8 Å². The molecule has 10 nitrogen and oxygen atoms in total. The number of fused-ring (bicyclic) bond motifs is 5. The highest BCUT2D eigenvalue weighted by atomic mass is 16.7. The zero-order valence-electron chi connectivity index (χ0n) is 16.9. The number of methoxy groups -OCH3 is 1. The Balaban J connectivity index is 1.73. The molecule has 2 fully saturated rings. The van der Waals surface area contributed by atoms with Crippen LogP contribution in [0.3, 0.4) is 0 Å². The molecule has 0 spiro atoms. The third-order valence-electron chi connectivity index (χ3n) is 5.52. The Labute approximate surface area is 176 Å². The molecule has 4 rings (SSSR count). The van der Waals surface area contributed by atoms with E-state index in [1.807, 2.05) is 0 Å². The van der Waals surface area contributed by atoms with Gasteiger partial charge in [0.15, 0.2) is 5.60 Å². The van der Waals surface area contributed by atoms with E-state index in [0.717, 1.165) is 18.7 Å². The Kier molecular flexibility index (Phi) is 4.89. The van der Waals surface area contributed by atoms with Gasteiger partial charge < -0.3 is 18.9 Å². The van der Waals surface area contributed by atoms with Crippen LogP contribution in [0.1, 0.15) is 24.2 Å². The van der Waals surface area contributed by atoms with E-state index < -0.39 is 59.6 Å². The fourth-order valence-electron chi connectivity index (χ4n) is 4.36. The number of anilines is 1. The molecule has 0 N–H and O–H groups in total. The Morgan fingerprint density at radius 2 is 1.77 bits per heavy atom. The van der Waals surface area contributed by atoms with Gasteiger partial charge in [0.2, 0.25) is 11.8 Å². The maximum atomic E-state index is 13.4. The van der Waals surface area contributed by atoms with E-state index >= 15 is 0 Å². The van der Waals surface area contributed by atoms with Gasteiger partial charge in [-0.25, -0.2) is 9.69 Å². The Hall–Kier alpha value is -3.53. The first-order valence-corrected chi connectivity index (χ1v) is 9.47. The summed E-state index contributed by atoms with van der Waals surface area (Å²) in [6.07, 6.45) is 0.774. The molecule has 4 atom stereocenters. The zero-order valence-corrected chi connectivity index (χ0v) is 16.9. The third-order valence-corrected chi connectivity index (χ3v) is 5.52. The number of rotatable bonds is 5. The van der Waals surface area contributed by atoms with Crippen molar-refractivity contribution in [2.24, 2.45) is 11.8 Å². The summed E-state index contributed by atoms with van der Waals surface area (Å²) in [7, 11) is 1.22. The summed E-state index contributed by atoms with van der Waals surface area (Å²) in [5.41, 5.74) is -1.27. The van der Waals surface area contributed by atoms with Gasteiger partial charge in [-0.05, 0) is 24.3 Å². The molecule has 3 aliphatic heterocycles. The fraction of sp³-hybridized carbons (Fsp3) is 0.381. The van der Waals surface area contributed by atoms with E-state index in [1.54, 1.807) is 6.08 Å². The number of carbonyl (C=O) groups is 5. The second-order valence-corrected chi connectivity index (χ2v) is 7.40. The smallest absolute Gasteiger partial charge is 0.337 e. The van der Waals surface area contributed by atoms with E-state index in [2.05, 4.69) is 0 Å². The first-order valence-electron chi connectivity index (χ1n) is 9.47. The normalized spacial score (nSPS) is 28.1. The minimum atomic E-state index is -1.63. The molecule has 2 bridgehead atoms. The molecule has 3 heterocycles. The van der Waals surface area contributed by atoms with Crippen LogP contribution in [0.15, 0.2) is 36.4 Å². The molecular formula is C21H19NO9. The Morgan fingerprint density at radius 3 is 2.39 bits per heavy atom. The third kappa shape index (κ3) is 3.10. The van der Waals surface area contributed by atoms with Gasteiger partial charge in [-0.3, -0.25) is 19.2 Å². The molecule has 1 aromatic rings. The van der Waals surface area contributed by atoms with Crippen molar-refractivity contribution in [2.45, 2.75) is 31.8 Å². The lowest BCUT2D eigenvalue weighted by Crippen LogP contribution is -2.52. The average molecular weight is 429 g/mol. The van der Waals surface area contributed by atoms with Crippen LogP contribution >= 0.6 is 0 Å². The summed E-state index contributed by atoms with van der Waals surface area (Å²) in [6, 6.07) is 5.91. The second-order valence-electron chi connectivity index (χ2n) is 7.40. The summed E-state index contributed by atoms with van der Waals surface area (Å²) < 4.78 is 20.9. The number of hydrogen-bond acceptors (Lipinski definition) is 9. The van der Waals surface area contributed by atoms with Crippen LogP contribution in [0.5, 0.6) is 0 Å². The van der Waals surface area contributed by atoms with Gasteiger partial charge in [0.1, 0.15) is 0 Å². The van der Waals surface area contributed by atoms with E-state index in [0.29, 0.717) is 0 Å². The fourth-order valence-corrected chi connectivity index (χ4v) is 4.36. The minimum absolute atomic E-state index is 0.169. The molecule has 31 heavy (non-hydrogen) atoms. The molecule has 162 valence electrons. The zero-order chi connectivity index (χ0) is 22.5. The Morgan fingerprint density at radius 1 is 1.10 bits per heavy atom. The molecule has 0 radical (unpaired) electrons. The van der Waals surface area contributed by atoms with Crippen molar-refractivity contribution >= 4 is 35.4 Å². The van der Waals surface area contributed by atoms with Crippen LogP contribution in [0, 0.1) is 11.8 Å². The molecular weight excluding hydrogens is 410 g/mol. The van der Waals surface area contributed by atoms with Crippen LogP contribution in [0.2, 0.25) is 0 Å². The molecule has 0 aliphatic carbocycles. The van der Waals surface area contributed by atoms with E-state index in [-0.39, 0.29) is 11.3 Å². The van der Waals surface area contributed by atoms with Crippen LogP contribution in [0.4, 0.5) is 5.69 Å². The molecule has 2 amide bonds. The van der Waals surface area contributed by atoms with Gasteiger partial charge in [-0.15, -0.1) is 0 Å². The van der Waals surface area contributed by atoms with Crippen molar-refractivity contribution < 1.29 is 42.9 Å². The van der Waals surface area contributed by atoms with Gasteiger partial charge in [0.25, 0.3) is 6.29 Å². The molecule has 0 aromatic heterocycles. The summed E-state index contributed by atoms with van der Waals surface area (Å²) in [5, 5.41) is 0. The second kappa shape index (κ2) is 7.31. The standard InChI is InChI=1S/C21H19NO9/c1-10(23)29-20(30-11(2)24)21-8-7-14(31-21)15-16(21)18(26)22(17(15)25)13-6-4-5-12(9-13)19(27)28-3/h4-9,14-16,20H,1-3H3/t14-,15+,16-,21+/m0/s1. The number of hydrogen-bond donors (Lipinski definition) is 0. The summed E-state index contributed by atoms with van der Waals surface area (Å²) in [6.45, 7) is 2.25. The SMILES string of the molecule is COC(=O)c1cccc(N2C(=O)[C@@H]3[C@@H]4C=C[C@@](C(OC(C)=O)OC(C)=O)(O4)[C@@H]3C2=O)c1. The highest BCUT2D eigenvalue weighted by molar-refractivity contribution is 6.23. The highest BCUT2D eigenvalue weighted by Gasteiger charge is 2.72. The molecule has 0 saturated carbocycles. The van der Waals surface area contributed by atoms with Gasteiger partial charge in [0.05, 0.1) is 36.3 Å². The predicted octanol–water partition coefficient (Wildman–Crippen LogP) is 0.738. The number of carbonyl (C=O) groups excluding carboxylic acids is 5. The first kappa shape index (κ1) is 20.7. The lowest BCUT2D eigenvalue weighted by molar-refractivity contribution is -0.226. The summed E-state index contributed by atoms with van der Waals surface area (Å²) in [5.74, 6) is -5.24. The Bertz CT molecular complexity index is 1020. The van der Waals surface area contributed by atoms with Crippen LogP contribution in [0.25, 0.3) is 0 Å². The number of esters is 3. The molecule has 2 saturated heterocycles. The highest BCUT2D eigenvalue weighted by Crippen LogP contribution is 2.54. The quantitative estimate of drug-likeness (QED) is 0.288. The van der Waals surface area contributed by atoms with Crippen molar-refractivity contribution in [1.82, 2.24) is 0 Å². The van der Waals surface area contributed by atoms with Crippen molar-refractivity contribution in [3.8, 4) is 0 Å². The molecule has 3 aliphatic rings. The summed E-state index contributed by atoms with van der Waals surface area (Å²) in [4.78, 5) is 62.7. The number of imide groups is 1. The largest absolute Gasteiger partial charge is 0.465 e. The van der Waals surface area contributed by atoms with Crippen molar-refractivity contribution in [2.75, 3.05) is 12.0 Å². The average Bonchev–Trinajstić information content (AvgIpc) is 3.37. The van der Waals surface area contributed by atoms with Crippen molar-refractivity contribution in [3.63, 3.8) is 0 Å². The number of nitrogens with zero attached hydrogens (tertiary/aromatic N) is 1. The molecule has 1 aromatic carbocycles. The van der Waals surface area contributed by atoms with Crippen LogP contribution in [-0.4, -0.2) is 54.8 Å². The van der Waals surface area contributed by atoms with Crippen LogP contribution in [-0.2, 0) is 38.1 Å². The van der Waals surface area contributed by atoms with E-state index in [9.17, 15) is 24.0 Å². The first-order chi connectivity index (χ1) is 14.7. The topological polar surface area (TPSA) is 126 Å². The lowest BCUT2D eigenvalue weighted by Gasteiger charge is -2.34. The van der Waals surface area contributed by atoms with Crippen LogP contribution < -0.4 is 4.90 Å². The number of amides is 2.